The Balaban J connectivity index is 0.000000177. The summed E-state index contributed by atoms with van der Waals surface area (Å²) in [5, 5.41) is 20.9. The smallest absolute Gasteiger partial charge is 0.423 e. The number of fused-ring (bicyclic) bond motifs is 3. The van der Waals surface area contributed by atoms with Crippen molar-refractivity contribution in [2.24, 2.45) is 5.73 Å². The van der Waals surface area contributed by atoms with E-state index in [-0.39, 0.29) is 75.1 Å². The van der Waals surface area contributed by atoms with Crippen molar-refractivity contribution in [2.75, 3.05) is 5.32 Å². The van der Waals surface area contributed by atoms with Crippen LogP contribution >= 0.6 is 39.1 Å². The third kappa shape index (κ3) is 14.5. The molecule has 0 spiro atoms. The predicted molar refractivity (Wildman–Crippen MR) is 312 cm³/mol. The first-order valence-electron chi connectivity index (χ1n) is 23.7. The molecular formula is C51H52BBrCl2F3N11O10S3. The zero-order valence-corrected chi connectivity index (χ0v) is 47.2. The summed E-state index contributed by atoms with van der Waals surface area (Å²) in [5.74, 6) is -2.37. The van der Waals surface area contributed by atoms with Gasteiger partial charge < -0.3 is 21.1 Å². The van der Waals surface area contributed by atoms with Crippen molar-refractivity contribution in [1.29, 1.82) is 0 Å². The topological polar surface area (TPSA) is 307 Å². The molecule has 2 amide bonds. The van der Waals surface area contributed by atoms with Crippen molar-refractivity contribution in [3.63, 3.8) is 0 Å². The van der Waals surface area contributed by atoms with Crippen molar-refractivity contribution < 1.29 is 58.1 Å². The van der Waals surface area contributed by atoms with Crippen molar-refractivity contribution >= 4 is 132 Å². The molecule has 0 bridgehead atoms. The number of primary amides is 1. The van der Waals surface area contributed by atoms with Crippen LogP contribution in [0.3, 0.4) is 0 Å². The highest BCUT2D eigenvalue weighted by Crippen LogP contribution is 2.38. The van der Waals surface area contributed by atoms with Gasteiger partial charge in [0.25, 0.3) is 0 Å². The van der Waals surface area contributed by atoms with E-state index in [1.165, 1.54) is 75.1 Å². The Morgan fingerprint density at radius 3 is 1.35 bits per heavy atom. The molecule has 3 aliphatic rings. The summed E-state index contributed by atoms with van der Waals surface area (Å²) in [6, 6.07) is 8.94. The van der Waals surface area contributed by atoms with Gasteiger partial charge in [-0.05, 0) is 90.9 Å². The fraction of sp³-hybridized carbons (Fsp3) is 0.255. The Labute approximate surface area is 488 Å². The number of carbonyl (C=O) groups excluding carboxylic acids is 2. The third-order valence-electron chi connectivity index (χ3n) is 12.0. The lowest BCUT2D eigenvalue weighted by Crippen LogP contribution is -2.32. The minimum atomic E-state index is -3.47. The van der Waals surface area contributed by atoms with Gasteiger partial charge in [-0.3, -0.25) is 24.5 Å². The van der Waals surface area contributed by atoms with Gasteiger partial charge in [-0.25, -0.2) is 65.3 Å². The number of rotatable bonds is 10. The third-order valence-corrected chi connectivity index (χ3v) is 19.6. The van der Waals surface area contributed by atoms with E-state index in [4.69, 9.17) is 33.2 Å². The molecule has 434 valence electrons. The summed E-state index contributed by atoms with van der Waals surface area (Å²) in [4.78, 5) is 43.5. The zero-order valence-electron chi connectivity index (χ0n) is 41.7. The average Bonchev–Trinajstić information content (AvgIpc) is 4.53. The van der Waals surface area contributed by atoms with Gasteiger partial charge in [0.1, 0.15) is 33.6 Å². The molecule has 0 aromatic carbocycles. The number of anilines is 1. The molecule has 21 nitrogen and oxygen atoms in total. The van der Waals surface area contributed by atoms with Crippen LogP contribution < -0.4 is 16.5 Å². The van der Waals surface area contributed by atoms with Crippen LogP contribution in [0.2, 0.25) is 10.3 Å². The van der Waals surface area contributed by atoms with E-state index in [9.17, 15) is 48.0 Å². The van der Waals surface area contributed by atoms with Crippen LogP contribution in [-0.4, -0.2) is 112 Å². The van der Waals surface area contributed by atoms with Gasteiger partial charge in [0.05, 0.1) is 69.5 Å². The number of nitrogens with two attached hydrogens (primary N) is 1. The van der Waals surface area contributed by atoms with E-state index >= 15 is 0 Å². The second kappa shape index (κ2) is 26.2. The summed E-state index contributed by atoms with van der Waals surface area (Å²) in [7, 11) is -12.0. The number of hydrogen-bond acceptors (Lipinski definition) is 16. The van der Waals surface area contributed by atoms with Crippen LogP contribution in [-0.2, 0) is 39.7 Å². The van der Waals surface area contributed by atoms with Crippen molar-refractivity contribution in [1.82, 2.24) is 41.8 Å². The number of hydrogen-bond donors (Lipinski definition) is 4. The van der Waals surface area contributed by atoms with E-state index in [1.54, 1.807) is 36.8 Å². The van der Waals surface area contributed by atoms with Crippen LogP contribution in [0.4, 0.5) is 19.0 Å². The first-order valence-corrected chi connectivity index (χ1v) is 29.8. The molecule has 31 heteroatoms. The molecule has 0 saturated heterocycles. The Morgan fingerprint density at radius 1 is 0.585 bits per heavy atom. The second-order valence-electron chi connectivity index (χ2n) is 18.1. The lowest BCUT2D eigenvalue weighted by Gasteiger charge is -2.09. The van der Waals surface area contributed by atoms with Crippen LogP contribution in [0.5, 0.6) is 0 Å². The van der Waals surface area contributed by atoms with Gasteiger partial charge in [0.2, 0.25) is 41.9 Å². The van der Waals surface area contributed by atoms with Crippen LogP contribution in [0.1, 0.15) is 67.2 Å². The lowest BCUT2D eigenvalue weighted by atomic mass is 9.81. The number of carbonyl (C=O) groups is 2. The van der Waals surface area contributed by atoms with E-state index < -0.39 is 54.6 Å². The number of aromatic nitrogens is 9. The highest BCUT2D eigenvalue weighted by atomic mass is 79.9. The van der Waals surface area contributed by atoms with Gasteiger partial charge in [0.15, 0.2) is 0 Å². The van der Waals surface area contributed by atoms with Gasteiger partial charge in [0, 0.05) is 99.4 Å². The SMILES string of the molecule is C.C.CC(=O)Nc1cc(-c2cncc3c2ccn3S(=O)(=O)C2CC2)c(F)cn1.CC(N)=O.O=S(=O)(C1CC1)n1ccc2c(-c3cc(Cl)ncc3F)cncc21.O=S(=O)(C1CC1)n1ccc2c(Br)cncc21.OB(O)c1cc(Cl)ncc1F. The van der Waals surface area contributed by atoms with E-state index in [0.29, 0.717) is 64.1 Å². The zero-order chi connectivity index (χ0) is 58.0. The lowest BCUT2D eigenvalue weighted by molar-refractivity contribution is -0.116. The van der Waals surface area contributed by atoms with Crippen molar-refractivity contribution in [3.05, 3.63) is 143 Å². The maximum absolute atomic E-state index is 14.4. The summed E-state index contributed by atoms with van der Waals surface area (Å²) < 4.78 is 120. The molecule has 3 aliphatic carbocycles. The van der Waals surface area contributed by atoms with Gasteiger partial charge in [-0.15, -0.1) is 0 Å². The molecular weight excluding hydrogens is 1240 g/mol. The van der Waals surface area contributed by atoms with E-state index in [1.807, 2.05) is 0 Å². The van der Waals surface area contributed by atoms with Crippen LogP contribution in [0, 0.1) is 17.5 Å². The Bertz CT molecular complexity index is 4200. The van der Waals surface area contributed by atoms with Crippen molar-refractivity contribution in [2.45, 2.75) is 83.0 Å². The minimum absolute atomic E-state index is 0. The first-order chi connectivity index (χ1) is 37.8. The standard InChI is InChI=1S/C17H15FN4O3S.C15H11ClFN3O2S.C10H9BrN2O2S.C5H4BClFNO2.C2H5NO.2CH4/c1-10(23)21-17-6-13(15(18)8-20-17)14-7-19-9-16-12(14)4-5-22(16)26(24,25)11-2-3-11;16-15-5-11(13(17)7-19-15)12-6-18-8-14-10(12)3-4-20(14)23(21,22)9-1-2-9;11-9-5-12-6-10-8(9)3-4-13(10)16(14,15)7-1-2-7;7-5-1-3(6(10)11)4(8)2-9-5;1-2(3)4;;/h4-9,11H,2-3H2,1H3,(H,20,21,23);3-9H,1-2H2;3-7H,1-2H2;1-2,10-11H;1H3,(H2,3,4);2*1H4. The van der Waals surface area contributed by atoms with E-state index in [2.05, 4.69) is 56.9 Å². The van der Waals surface area contributed by atoms with Crippen LogP contribution in [0.25, 0.3) is 55.0 Å². The molecule has 9 aromatic heterocycles. The molecule has 9 aromatic rings. The van der Waals surface area contributed by atoms with Crippen LogP contribution in [0.15, 0.2) is 115 Å². The number of amides is 2. The minimum Gasteiger partial charge on any atom is -0.423 e. The Morgan fingerprint density at radius 2 is 0.951 bits per heavy atom. The van der Waals surface area contributed by atoms with Gasteiger partial charge in [-0.2, -0.15) is 0 Å². The summed E-state index contributed by atoms with van der Waals surface area (Å²) in [6.45, 7) is 2.63. The fourth-order valence-corrected chi connectivity index (χ4v) is 13.8. The summed E-state index contributed by atoms with van der Waals surface area (Å²) >= 11 is 14.6. The highest BCUT2D eigenvalue weighted by molar-refractivity contribution is 9.10. The second-order valence-corrected chi connectivity index (χ2v) is 26.0. The molecule has 5 N–H and O–H groups in total. The number of nitrogens with one attached hydrogen (secondary N) is 1. The van der Waals surface area contributed by atoms with E-state index in [0.717, 1.165) is 47.4 Å². The molecule has 0 atom stereocenters. The molecule has 9 heterocycles. The summed E-state index contributed by atoms with van der Waals surface area (Å²) in [5.41, 5.74) is 7.00. The molecule has 12 rings (SSSR count). The molecule has 0 aliphatic heterocycles. The average molecular weight is 1290 g/mol. The highest BCUT2D eigenvalue weighted by Gasteiger charge is 2.39. The molecule has 0 radical (unpaired) electrons. The monoisotopic (exact) mass is 1290 g/mol. The first kappa shape index (κ1) is 64.3. The fourth-order valence-electron chi connectivity index (χ4n) is 7.88. The maximum atomic E-state index is 14.4. The molecule has 3 saturated carbocycles. The number of halogens is 6. The summed E-state index contributed by atoms with van der Waals surface area (Å²) in [6.07, 6.45) is 20.7. The molecule has 0 unspecified atom stereocenters. The van der Waals surface area contributed by atoms with Gasteiger partial charge in [-0.1, -0.05) is 38.1 Å². The molecule has 82 heavy (non-hydrogen) atoms. The predicted octanol–water partition coefficient (Wildman–Crippen LogP) is 8.22. The largest absolute Gasteiger partial charge is 0.491 e. The normalized spacial score (nSPS) is 13.8. The molecule has 3 fully saturated rings. The number of nitrogens with zero attached hydrogens (tertiary/aromatic N) is 9. The maximum Gasteiger partial charge on any atom is 0.491 e. The Hall–Kier alpha value is -6.86. The van der Waals surface area contributed by atoms with Gasteiger partial charge >= 0.3 is 7.12 Å². The quantitative estimate of drug-likeness (QED) is 0.0740. The van der Waals surface area contributed by atoms with Crippen molar-refractivity contribution in [3.8, 4) is 22.3 Å². The Kier molecular flexibility index (Phi) is 20.5. The number of pyridine rings is 6.